The van der Waals surface area contributed by atoms with Crippen LogP contribution in [-0.4, -0.2) is 19.6 Å². The van der Waals surface area contributed by atoms with E-state index in [1.54, 1.807) is 0 Å². The summed E-state index contributed by atoms with van der Waals surface area (Å²) >= 11 is 1.51. The van der Waals surface area contributed by atoms with Crippen LogP contribution >= 0.6 is 11.3 Å². The predicted octanol–water partition coefficient (Wildman–Crippen LogP) is 3.10. The summed E-state index contributed by atoms with van der Waals surface area (Å²) in [6, 6.07) is 5.15. The van der Waals surface area contributed by atoms with Crippen LogP contribution in [0.25, 0.3) is 16.3 Å². The van der Waals surface area contributed by atoms with Crippen LogP contribution in [0.3, 0.4) is 0 Å². The molecule has 0 atom stereocenters. The van der Waals surface area contributed by atoms with Gasteiger partial charge in [0.15, 0.2) is 0 Å². The van der Waals surface area contributed by atoms with Crippen LogP contribution in [0.2, 0.25) is 0 Å². The minimum absolute atomic E-state index is 0.189. The lowest BCUT2D eigenvalue weighted by Crippen LogP contribution is -2.02. The Morgan fingerprint density at radius 2 is 2.17 bits per heavy atom. The van der Waals surface area contributed by atoms with E-state index in [1.165, 1.54) is 23.7 Å². The quantitative estimate of drug-likeness (QED) is 0.715. The molecule has 0 amide bonds. The number of aryl methyl sites for hydroxylation is 1. The van der Waals surface area contributed by atoms with Gasteiger partial charge in [0.05, 0.1) is 10.6 Å². The normalized spacial score (nSPS) is 11.6. The Labute approximate surface area is 105 Å². The number of rotatable bonds is 2. The van der Waals surface area contributed by atoms with Gasteiger partial charge in [-0.2, -0.15) is 14.6 Å². The van der Waals surface area contributed by atoms with Crippen molar-refractivity contribution in [2.24, 2.45) is 0 Å². The average Bonchev–Trinajstić information content (AvgIpc) is 2.95. The number of hydrogen-bond acceptors (Lipinski definition) is 4. The van der Waals surface area contributed by atoms with Crippen molar-refractivity contribution in [3.63, 3.8) is 0 Å². The first-order chi connectivity index (χ1) is 8.65. The molecular formula is C11H8F2N4S. The van der Waals surface area contributed by atoms with Gasteiger partial charge >= 0.3 is 0 Å². The third-order valence-electron chi connectivity index (χ3n) is 2.50. The van der Waals surface area contributed by atoms with E-state index in [0.717, 1.165) is 14.3 Å². The molecule has 0 unspecified atom stereocenters. The van der Waals surface area contributed by atoms with Crippen LogP contribution in [0.4, 0.5) is 8.78 Å². The van der Waals surface area contributed by atoms with Gasteiger partial charge in [-0.25, -0.2) is 13.8 Å². The van der Waals surface area contributed by atoms with Gasteiger partial charge in [-0.15, -0.1) is 11.3 Å². The van der Waals surface area contributed by atoms with Crippen LogP contribution in [0.1, 0.15) is 17.0 Å². The zero-order chi connectivity index (χ0) is 12.7. The van der Waals surface area contributed by atoms with E-state index in [0.29, 0.717) is 5.69 Å². The fourth-order valence-electron chi connectivity index (χ4n) is 1.69. The zero-order valence-electron chi connectivity index (χ0n) is 9.34. The van der Waals surface area contributed by atoms with E-state index in [1.807, 2.05) is 19.1 Å². The predicted molar refractivity (Wildman–Crippen MR) is 63.8 cm³/mol. The van der Waals surface area contributed by atoms with Gasteiger partial charge in [-0.3, -0.25) is 0 Å². The summed E-state index contributed by atoms with van der Waals surface area (Å²) in [7, 11) is 0. The van der Waals surface area contributed by atoms with Crippen molar-refractivity contribution in [3.05, 3.63) is 35.1 Å². The number of nitrogens with zero attached hydrogens (tertiary/aromatic N) is 4. The lowest BCUT2D eigenvalue weighted by molar-refractivity contribution is 0.143. The van der Waals surface area contributed by atoms with E-state index >= 15 is 0 Å². The fraction of sp³-hybridized carbons (Fsp3) is 0.182. The molecule has 0 spiro atoms. The van der Waals surface area contributed by atoms with Crippen LogP contribution in [0.15, 0.2) is 24.5 Å². The summed E-state index contributed by atoms with van der Waals surface area (Å²) < 4.78 is 27.0. The van der Waals surface area contributed by atoms with Crippen LogP contribution in [0.5, 0.6) is 0 Å². The Kier molecular flexibility index (Phi) is 2.55. The number of hydrogen-bond donors (Lipinski definition) is 0. The van der Waals surface area contributed by atoms with E-state index in [-0.39, 0.29) is 11.5 Å². The van der Waals surface area contributed by atoms with Crippen molar-refractivity contribution < 1.29 is 8.78 Å². The maximum atomic E-state index is 13.0. The van der Waals surface area contributed by atoms with Crippen molar-refractivity contribution in [1.82, 2.24) is 19.6 Å². The third kappa shape index (κ3) is 1.76. The minimum Gasteiger partial charge on any atom is -0.210 e. The van der Waals surface area contributed by atoms with Crippen molar-refractivity contribution in [2.75, 3.05) is 0 Å². The molecule has 0 radical (unpaired) electrons. The van der Waals surface area contributed by atoms with Gasteiger partial charge in [0.25, 0.3) is 12.2 Å². The van der Waals surface area contributed by atoms with Crippen molar-refractivity contribution >= 4 is 17.1 Å². The molecule has 0 bridgehead atoms. The molecule has 0 fully saturated rings. The molecule has 0 saturated heterocycles. The number of alkyl halides is 2. The van der Waals surface area contributed by atoms with E-state index in [9.17, 15) is 8.78 Å². The van der Waals surface area contributed by atoms with Crippen molar-refractivity contribution in [1.29, 1.82) is 0 Å². The van der Waals surface area contributed by atoms with Crippen LogP contribution in [-0.2, 0) is 0 Å². The molecule has 18 heavy (non-hydrogen) atoms. The maximum absolute atomic E-state index is 13.0. The molecule has 0 saturated carbocycles. The minimum atomic E-state index is -2.61. The molecule has 0 aliphatic heterocycles. The summed E-state index contributed by atoms with van der Waals surface area (Å²) in [5.41, 5.74) is 0.308. The lowest BCUT2D eigenvalue weighted by Gasteiger charge is -2.04. The Bertz CT molecular complexity index is 704. The second-order valence-corrected chi connectivity index (χ2v) is 5.04. The second-order valence-electron chi connectivity index (χ2n) is 3.75. The summed E-state index contributed by atoms with van der Waals surface area (Å²) in [5, 5.41) is 3.75. The topological polar surface area (TPSA) is 43.1 Å². The van der Waals surface area contributed by atoms with Gasteiger partial charge in [0.1, 0.15) is 12.0 Å². The molecule has 0 aliphatic rings. The monoisotopic (exact) mass is 266 g/mol. The number of fused-ring (bicyclic) bond motifs is 1. The molecule has 0 N–H and O–H groups in total. The van der Waals surface area contributed by atoms with E-state index in [2.05, 4.69) is 15.1 Å². The molecule has 3 aromatic heterocycles. The van der Waals surface area contributed by atoms with E-state index < -0.39 is 6.43 Å². The van der Waals surface area contributed by atoms with E-state index in [4.69, 9.17) is 0 Å². The summed E-state index contributed by atoms with van der Waals surface area (Å²) in [6.07, 6.45) is -1.39. The molecule has 0 aliphatic carbocycles. The SMILES string of the molecule is Cc1ccc(-c2cc(C(F)F)n3ncnc3n2)s1. The van der Waals surface area contributed by atoms with Gasteiger partial charge in [-0.05, 0) is 25.1 Å². The number of thiophene rings is 1. The van der Waals surface area contributed by atoms with Crippen molar-refractivity contribution in [3.8, 4) is 10.6 Å². The lowest BCUT2D eigenvalue weighted by atomic mass is 10.3. The second kappa shape index (κ2) is 4.09. The molecule has 3 aromatic rings. The largest absolute Gasteiger partial charge is 0.280 e. The Morgan fingerprint density at radius 1 is 1.33 bits per heavy atom. The standard InChI is InChI=1S/C11H8F2N4S/c1-6-2-3-9(18-6)7-4-8(10(12)13)17-11(16-7)14-5-15-17/h2-5,10H,1H3. The highest BCUT2D eigenvalue weighted by molar-refractivity contribution is 7.15. The number of aromatic nitrogens is 4. The fourth-order valence-corrected chi connectivity index (χ4v) is 2.52. The first kappa shape index (κ1) is 11.2. The molecule has 0 aromatic carbocycles. The molecule has 4 nitrogen and oxygen atoms in total. The first-order valence-corrected chi connectivity index (χ1v) is 6.02. The Hall–Kier alpha value is -1.89. The molecule has 3 heterocycles. The number of halogens is 2. The molecule has 92 valence electrons. The summed E-state index contributed by atoms with van der Waals surface area (Å²) in [5.74, 6) is 0.189. The third-order valence-corrected chi connectivity index (χ3v) is 3.52. The van der Waals surface area contributed by atoms with Gasteiger partial charge < -0.3 is 0 Å². The zero-order valence-corrected chi connectivity index (χ0v) is 10.2. The van der Waals surface area contributed by atoms with Crippen LogP contribution in [0, 0.1) is 6.92 Å². The van der Waals surface area contributed by atoms with Crippen LogP contribution < -0.4 is 0 Å². The van der Waals surface area contributed by atoms with Crippen molar-refractivity contribution in [2.45, 2.75) is 13.3 Å². The first-order valence-electron chi connectivity index (χ1n) is 5.21. The average molecular weight is 266 g/mol. The Morgan fingerprint density at radius 3 is 2.83 bits per heavy atom. The molecular weight excluding hydrogens is 258 g/mol. The molecule has 3 rings (SSSR count). The summed E-state index contributed by atoms with van der Waals surface area (Å²) in [6.45, 7) is 1.96. The molecule has 7 heteroatoms. The highest BCUT2D eigenvalue weighted by Gasteiger charge is 2.17. The maximum Gasteiger partial charge on any atom is 0.280 e. The highest BCUT2D eigenvalue weighted by atomic mass is 32.1. The summed E-state index contributed by atoms with van der Waals surface area (Å²) in [4.78, 5) is 10.0. The highest BCUT2D eigenvalue weighted by Crippen LogP contribution is 2.29. The smallest absolute Gasteiger partial charge is 0.210 e. The van der Waals surface area contributed by atoms with Gasteiger partial charge in [0.2, 0.25) is 0 Å². The Balaban J connectivity index is 2.24. The van der Waals surface area contributed by atoms with Gasteiger partial charge in [-0.1, -0.05) is 0 Å². The van der Waals surface area contributed by atoms with Gasteiger partial charge in [0, 0.05) is 4.88 Å².